The van der Waals surface area contributed by atoms with Crippen LogP contribution < -0.4 is 77.4 Å². The number of hydrogen-bond donors (Lipinski definition) is 16. The molecule has 2 heterocycles. The molecule has 1 saturated heterocycles. The Morgan fingerprint density at radius 2 is 1.53 bits per heavy atom. The number of aliphatic hydroxyl groups is 1. The number of hydrogen-bond acceptors (Lipinski definition) is 17. The number of carboxylic acid groups (broad SMARTS) is 1. The normalized spacial score (nSPS) is 19.6. The molecule has 1 unspecified atom stereocenters. The Bertz CT molecular complexity index is 2170. The first-order valence-corrected chi connectivity index (χ1v) is 24.8. The minimum atomic E-state index is -1.65. The average Bonchev–Trinajstić information content (AvgIpc) is 3.61. The highest BCUT2D eigenvalue weighted by molar-refractivity contribution is 6.02. The second kappa shape index (κ2) is 30.4. The van der Waals surface area contributed by atoms with Gasteiger partial charge in [-0.3, -0.25) is 43.3 Å². The van der Waals surface area contributed by atoms with E-state index in [0.29, 0.717) is 44.3 Å². The highest BCUT2D eigenvalue weighted by atomic mass is 16.4. The van der Waals surface area contributed by atoms with Crippen molar-refractivity contribution in [2.75, 3.05) is 45.8 Å². The summed E-state index contributed by atoms with van der Waals surface area (Å²) in [5.74, 6) is -8.53. The standard InChI is InChI=1S/C45H78N18O11/c1-25(56-40(70)35(33(64)21-49)60-37(67)27(50)10-3-5-15-46)36(66)54-22-34(65)57-29(12-7-17-48)41(71)63-19-9-14-32(63)39(69)61-45(20-26(45)31-23-62(2)24-55-31)43(74)59-28(11-4-6-16-47)38(68)58-30(42(72)73)13-8-18-53-44(51)52/h13,23-29,32-33,35,64H,3-12,14-22,46-50H2,1-2H3,(H,54,66)(H,56,70)(H,57,65)(H,58,68)(H,59,74)(H,60,67)(H,61,69)(H,72,73)(H4,51,52,53)/b30-13-/t25-,26-,27-,28-,29+,32-,33-,35-,45?/m0/s1. The van der Waals surface area contributed by atoms with Crippen molar-refractivity contribution < 1.29 is 53.4 Å². The van der Waals surface area contributed by atoms with Gasteiger partial charge in [-0.25, -0.2) is 9.78 Å². The van der Waals surface area contributed by atoms with Crippen LogP contribution in [0.25, 0.3) is 0 Å². The molecule has 0 aromatic carbocycles. The van der Waals surface area contributed by atoms with E-state index in [4.69, 9.17) is 40.1 Å². The van der Waals surface area contributed by atoms with Gasteiger partial charge in [0, 0.05) is 38.8 Å². The lowest BCUT2D eigenvalue weighted by Gasteiger charge is -2.30. The molecule has 1 aromatic heterocycles. The summed E-state index contributed by atoms with van der Waals surface area (Å²) in [4.78, 5) is 131. The van der Waals surface area contributed by atoms with Crippen molar-refractivity contribution in [3.8, 4) is 0 Å². The number of nitrogens with one attached hydrogen (secondary N) is 7. The van der Waals surface area contributed by atoms with Crippen LogP contribution in [0.3, 0.4) is 0 Å². The molecule has 0 spiro atoms. The van der Waals surface area contributed by atoms with Crippen LogP contribution in [-0.2, 0) is 50.2 Å². The van der Waals surface area contributed by atoms with Crippen LogP contribution in [0.5, 0.6) is 0 Å². The third-order valence-electron chi connectivity index (χ3n) is 12.5. The van der Waals surface area contributed by atoms with Crippen LogP contribution in [0.1, 0.15) is 95.6 Å². The Hall–Kier alpha value is -6.79. The van der Waals surface area contributed by atoms with Gasteiger partial charge in [-0.15, -0.1) is 0 Å². The molecule has 1 aliphatic heterocycles. The maximum absolute atomic E-state index is 14.5. The van der Waals surface area contributed by atoms with Crippen LogP contribution >= 0.6 is 0 Å². The number of aliphatic carboxylic acids is 1. The van der Waals surface area contributed by atoms with E-state index in [1.807, 2.05) is 0 Å². The maximum Gasteiger partial charge on any atom is 0.352 e. The highest BCUT2D eigenvalue weighted by Gasteiger charge is 2.64. The van der Waals surface area contributed by atoms with Crippen molar-refractivity contribution >= 4 is 59.2 Å². The molecule has 2 fully saturated rings. The summed E-state index contributed by atoms with van der Waals surface area (Å²) >= 11 is 0. The number of nitrogens with two attached hydrogens (primary N) is 7. The van der Waals surface area contributed by atoms with Crippen molar-refractivity contribution in [3.05, 3.63) is 30.0 Å². The Labute approximate surface area is 429 Å². The summed E-state index contributed by atoms with van der Waals surface area (Å²) in [5.41, 5.74) is 37.5. The van der Waals surface area contributed by atoms with Crippen molar-refractivity contribution in [1.29, 1.82) is 0 Å². The SMILES string of the molecule is C[C@H](NC(=O)[C@@H](NC(=O)[C@@H](N)CCCCN)[C@@H](O)CN)C(=O)NCC(=O)N[C@H](CCCN)C(=O)N1CCC[C@H]1C(=O)NC1(C(=O)N[C@@H](CCCCN)C(=O)N/C(=C\CCN=C(N)N)C(=O)O)C[C@H]1c1cn(C)cn1. The Morgan fingerprint density at radius 3 is 2.14 bits per heavy atom. The van der Waals surface area contributed by atoms with Crippen LogP contribution in [0.2, 0.25) is 0 Å². The number of carbonyl (C=O) groups is 9. The van der Waals surface area contributed by atoms with Crippen LogP contribution in [0, 0.1) is 0 Å². The largest absolute Gasteiger partial charge is 0.477 e. The quantitative estimate of drug-likeness (QED) is 0.0135. The van der Waals surface area contributed by atoms with Gasteiger partial charge >= 0.3 is 5.97 Å². The fraction of sp³-hybridized carbons (Fsp3) is 0.667. The number of rotatable bonds is 33. The first kappa shape index (κ1) is 61.5. The number of likely N-dealkylation sites (tertiary alicyclic amines) is 1. The predicted octanol–water partition coefficient (Wildman–Crippen LogP) is -6.78. The Kier molecular flexibility index (Phi) is 25.3. The van der Waals surface area contributed by atoms with Gasteiger partial charge in [-0.1, -0.05) is 12.5 Å². The minimum Gasteiger partial charge on any atom is -0.477 e. The fourth-order valence-corrected chi connectivity index (χ4v) is 8.23. The van der Waals surface area contributed by atoms with Crippen LogP contribution in [0.15, 0.2) is 29.3 Å². The molecule has 0 radical (unpaired) electrons. The van der Waals surface area contributed by atoms with E-state index in [2.05, 4.69) is 47.2 Å². The number of aromatic nitrogens is 2. The predicted molar refractivity (Wildman–Crippen MR) is 269 cm³/mol. The molecule has 23 N–H and O–H groups in total. The van der Waals surface area contributed by atoms with Crippen molar-refractivity contribution in [2.24, 2.45) is 52.2 Å². The van der Waals surface area contributed by atoms with E-state index in [1.165, 1.54) is 24.2 Å². The molecule has 1 saturated carbocycles. The lowest BCUT2D eigenvalue weighted by molar-refractivity contribution is -0.142. The molecule has 1 aliphatic carbocycles. The third-order valence-corrected chi connectivity index (χ3v) is 12.5. The molecule has 0 bridgehead atoms. The number of amides is 8. The first-order valence-electron chi connectivity index (χ1n) is 24.8. The molecule has 29 heteroatoms. The van der Waals surface area contributed by atoms with Gasteiger partial charge in [0.15, 0.2) is 5.96 Å². The molecular weight excluding hydrogens is 969 g/mol. The topological polar surface area (TPSA) is 494 Å². The summed E-state index contributed by atoms with van der Waals surface area (Å²) in [7, 11) is 1.72. The van der Waals surface area contributed by atoms with E-state index in [1.54, 1.807) is 17.8 Å². The van der Waals surface area contributed by atoms with Gasteiger partial charge in [-0.05, 0) is 97.2 Å². The van der Waals surface area contributed by atoms with Crippen LogP contribution in [0.4, 0.5) is 0 Å². The molecule has 74 heavy (non-hydrogen) atoms. The number of guanidine groups is 1. The first-order chi connectivity index (χ1) is 35.1. The van der Waals surface area contributed by atoms with E-state index >= 15 is 0 Å². The van der Waals surface area contributed by atoms with Crippen molar-refractivity contribution in [2.45, 2.75) is 138 Å². The molecule has 414 valence electrons. The monoisotopic (exact) mass is 1050 g/mol. The number of aryl methyl sites for hydroxylation is 1. The summed E-state index contributed by atoms with van der Waals surface area (Å²) in [6, 6.07) is -7.45. The number of aliphatic hydroxyl groups excluding tert-OH is 1. The zero-order valence-electron chi connectivity index (χ0n) is 42.2. The van der Waals surface area contributed by atoms with E-state index < -0.39 is 126 Å². The lowest BCUT2D eigenvalue weighted by Crippen LogP contribution is -2.60. The number of imidazole rings is 1. The van der Waals surface area contributed by atoms with Gasteiger partial charge in [0.05, 0.1) is 30.7 Å². The second-order valence-electron chi connectivity index (χ2n) is 18.4. The number of carboxylic acids is 1. The molecule has 1 aromatic rings. The number of nitrogens with zero attached hydrogens (tertiary/aromatic N) is 4. The van der Waals surface area contributed by atoms with Crippen LogP contribution in [-0.4, -0.2) is 178 Å². The van der Waals surface area contributed by atoms with Gasteiger partial charge in [-0.2, -0.15) is 0 Å². The zero-order chi connectivity index (χ0) is 55.1. The molecular formula is C45H78N18O11. The molecule has 2 aliphatic rings. The van der Waals surface area contributed by atoms with Gasteiger partial charge in [0.25, 0.3) is 0 Å². The highest BCUT2D eigenvalue weighted by Crippen LogP contribution is 2.51. The smallest absolute Gasteiger partial charge is 0.352 e. The van der Waals surface area contributed by atoms with Gasteiger partial charge in [0.2, 0.25) is 47.3 Å². The minimum absolute atomic E-state index is 0.0446. The zero-order valence-corrected chi connectivity index (χ0v) is 42.2. The van der Waals surface area contributed by atoms with Crippen molar-refractivity contribution in [3.63, 3.8) is 0 Å². The van der Waals surface area contributed by atoms with Crippen molar-refractivity contribution in [1.82, 2.24) is 51.7 Å². The average molecular weight is 1050 g/mol. The second-order valence-corrected chi connectivity index (χ2v) is 18.4. The molecule has 29 nitrogen and oxygen atoms in total. The Balaban J connectivity index is 1.75. The molecule has 3 rings (SSSR count). The maximum atomic E-state index is 14.5. The third kappa shape index (κ3) is 18.6. The lowest BCUT2D eigenvalue weighted by atomic mass is 10.0. The summed E-state index contributed by atoms with van der Waals surface area (Å²) in [5, 5.41) is 37.9. The summed E-state index contributed by atoms with van der Waals surface area (Å²) in [6.45, 7) is 1.21. The van der Waals surface area contributed by atoms with Gasteiger partial charge < -0.3 is 97.0 Å². The fourth-order valence-electron chi connectivity index (χ4n) is 8.23. The summed E-state index contributed by atoms with van der Waals surface area (Å²) in [6.07, 6.45) is 6.25. The molecule has 8 amide bonds. The van der Waals surface area contributed by atoms with E-state index in [0.717, 1.165) is 0 Å². The molecule has 9 atom stereocenters. The Morgan fingerprint density at radius 1 is 0.865 bits per heavy atom. The van der Waals surface area contributed by atoms with Gasteiger partial charge in [0.1, 0.15) is 41.4 Å². The van der Waals surface area contributed by atoms with E-state index in [-0.39, 0.29) is 77.1 Å². The number of unbranched alkanes of at least 4 members (excludes halogenated alkanes) is 2. The van der Waals surface area contributed by atoms with E-state index in [9.17, 15) is 53.4 Å². The number of aliphatic imine (C=N–C) groups is 1. The summed E-state index contributed by atoms with van der Waals surface area (Å²) < 4.78 is 1.66. The number of carbonyl (C=O) groups excluding carboxylic acids is 8.